The minimum absolute atomic E-state index is 0.0350. The molecular weight excluding hydrogens is 393 g/mol. The normalized spacial score (nSPS) is 30.3. The molecular formula is C21H23F3N6. The molecule has 2 aliphatic heterocycles. The smallest absolute Gasteiger partial charge is 0.383 e. The van der Waals surface area contributed by atoms with Crippen LogP contribution in [0.4, 0.5) is 19.0 Å². The maximum Gasteiger partial charge on any atom is 0.419 e. The van der Waals surface area contributed by atoms with Crippen LogP contribution in [0.3, 0.4) is 0 Å². The van der Waals surface area contributed by atoms with Gasteiger partial charge in [-0.1, -0.05) is 0 Å². The average molecular weight is 416 g/mol. The number of piperidine rings is 1. The Bertz CT molecular complexity index is 1060. The molecule has 5 atom stereocenters. The molecule has 0 aromatic carbocycles. The van der Waals surface area contributed by atoms with Gasteiger partial charge in [-0.25, -0.2) is 4.98 Å². The molecule has 2 aromatic heterocycles. The van der Waals surface area contributed by atoms with Gasteiger partial charge in [0.2, 0.25) is 0 Å². The molecule has 2 saturated heterocycles. The minimum atomic E-state index is -4.57. The van der Waals surface area contributed by atoms with Crippen LogP contribution in [0.2, 0.25) is 0 Å². The van der Waals surface area contributed by atoms with Crippen LogP contribution in [0, 0.1) is 23.2 Å². The average Bonchev–Trinajstić information content (AvgIpc) is 3.24. The molecule has 0 spiro atoms. The van der Waals surface area contributed by atoms with Gasteiger partial charge in [-0.2, -0.15) is 23.5 Å². The van der Waals surface area contributed by atoms with Gasteiger partial charge in [0, 0.05) is 47.5 Å². The van der Waals surface area contributed by atoms with Crippen LogP contribution < -0.4 is 5.73 Å². The number of nitriles is 1. The Morgan fingerprint density at radius 3 is 2.67 bits per heavy atom. The van der Waals surface area contributed by atoms with Crippen molar-refractivity contribution in [1.82, 2.24) is 19.7 Å². The van der Waals surface area contributed by atoms with E-state index >= 15 is 0 Å². The number of rotatable bonds is 5. The first-order chi connectivity index (χ1) is 14.1. The lowest BCUT2D eigenvalue weighted by atomic mass is 10.0. The summed E-state index contributed by atoms with van der Waals surface area (Å²) >= 11 is 0. The third-order valence-corrected chi connectivity index (χ3v) is 7.12. The third-order valence-electron chi connectivity index (χ3n) is 7.12. The summed E-state index contributed by atoms with van der Waals surface area (Å²) in [5, 5.41) is 13.7. The van der Waals surface area contributed by atoms with Crippen molar-refractivity contribution in [1.29, 1.82) is 5.26 Å². The predicted octanol–water partition coefficient (Wildman–Crippen LogP) is 3.61. The van der Waals surface area contributed by atoms with Gasteiger partial charge >= 0.3 is 6.18 Å². The molecule has 4 heterocycles. The van der Waals surface area contributed by atoms with E-state index in [1.807, 2.05) is 24.6 Å². The fourth-order valence-electron chi connectivity index (χ4n) is 5.64. The van der Waals surface area contributed by atoms with Gasteiger partial charge < -0.3 is 5.73 Å². The van der Waals surface area contributed by atoms with Crippen molar-refractivity contribution < 1.29 is 13.2 Å². The molecule has 6 nitrogen and oxygen atoms in total. The lowest BCUT2D eigenvalue weighted by Crippen LogP contribution is -2.32. The SMILES string of the molecule is CC(CC#N)N1C[C@@H]2[C@@H]3C1[C@@]23c1cc(-c2cnc(N)c(C(F)(F)F)c2)nn1C(C)C. The molecule has 30 heavy (non-hydrogen) atoms. The highest BCUT2D eigenvalue weighted by molar-refractivity contribution is 5.65. The first-order valence-electron chi connectivity index (χ1n) is 10.2. The zero-order valence-corrected chi connectivity index (χ0v) is 17.0. The van der Waals surface area contributed by atoms with Crippen LogP contribution >= 0.6 is 0 Å². The monoisotopic (exact) mass is 416 g/mol. The number of fused-ring (bicyclic) bond motifs is 1. The van der Waals surface area contributed by atoms with Crippen LogP contribution in [-0.2, 0) is 11.6 Å². The second-order valence-corrected chi connectivity index (χ2v) is 9.03. The maximum atomic E-state index is 13.3. The van der Waals surface area contributed by atoms with Crippen molar-refractivity contribution in [3.05, 3.63) is 29.6 Å². The largest absolute Gasteiger partial charge is 0.419 e. The van der Waals surface area contributed by atoms with Crippen molar-refractivity contribution in [3.63, 3.8) is 0 Å². The van der Waals surface area contributed by atoms with Gasteiger partial charge in [-0.15, -0.1) is 0 Å². The van der Waals surface area contributed by atoms with E-state index in [0.717, 1.165) is 18.3 Å². The highest BCUT2D eigenvalue weighted by Gasteiger charge is 2.93. The second kappa shape index (κ2) is 5.97. The minimum Gasteiger partial charge on any atom is -0.383 e. The fraction of sp³-hybridized carbons (Fsp3) is 0.571. The van der Waals surface area contributed by atoms with Gasteiger partial charge in [0.25, 0.3) is 0 Å². The maximum absolute atomic E-state index is 13.3. The molecule has 6 rings (SSSR count). The first-order valence-corrected chi connectivity index (χ1v) is 10.2. The molecule has 0 amide bonds. The number of nitrogen functional groups attached to an aromatic ring is 1. The van der Waals surface area contributed by atoms with E-state index in [2.05, 4.69) is 28.0 Å². The summed E-state index contributed by atoms with van der Waals surface area (Å²) in [5.41, 5.74) is 6.43. The second-order valence-electron chi connectivity index (χ2n) is 9.03. The van der Waals surface area contributed by atoms with E-state index in [-0.39, 0.29) is 17.5 Å². The van der Waals surface area contributed by atoms with Crippen LogP contribution in [0.5, 0.6) is 0 Å². The summed E-state index contributed by atoms with van der Waals surface area (Å²) in [7, 11) is 0. The van der Waals surface area contributed by atoms with Gasteiger partial charge in [0.15, 0.2) is 0 Å². The molecule has 2 saturated carbocycles. The van der Waals surface area contributed by atoms with Gasteiger partial charge in [-0.3, -0.25) is 9.58 Å². The Balaban J connectivity index is 1.52. The summed E-state index contributed by atoms with van der Waals surface area (Å²) in [6.45, 7) is 7.10. The number of hydrogen-bond donors (Lipinski definition) is 1. The molecule has 158 valence electrons. The Morgan fingerprint density at radius 2 is 2.07 bits per heavy atom. The lowest BCUT2D eigenvalue weighted by molar-refractivity contribution is -0.137. The molecule has 4 fully saturated rings. The van der Waals surface area contributed by atoms with E-state index in [0.29, 0.717) is 35.6 Å². The highest BCUT2D eigenvalue weighted by Crippen LogP contribution is 2.86. The van der Waals surface area contributed by atoms with Crippen LogP contribution in [0.25, 0.3) is 11.3 Å². The van der Waals surface area contributed by atoms with Gasteiger partial charge in [0.1, 0.15) is 5.82 Å². The fourth-order valence-corrected chi connectivity index (χ4v) is 5.64. The number of hydrogen-bond acceptors (Lipinski definition) is 5. The Kier molecular flexibility index (Phi) is 3.86. The molecule has 2 N–H and O–H groups in total. The number of nitrogens with two attached hydrogens (primary N) is 1. The molecule has 2 unspecified atom stereocenters. The summed E-state index contributed by atoms with van der Waals surface area (Å²) in [6, 6.07) is 5.91. The number of anilines is 1. The zero-order valence-electron chi connectivity index (χ0n) is 17.0. The topological polar surface area (TPSA) is 83.8 Å². The van der Waals surface area contributed by atoms with E-state index < -0.39 is 17.6 Å². The van der Waals surface area contributed by atoms with Crippen LogP contribution in [0.1, 0.15) is 44.5 Å². The highest BCUT2D eigenvalue weighted by atomic mass is 19.4. The number of alkyl halides is 3. The Morgan fingerprint density at radius 1 is 1.33 bits per heavy atom. The summed E-state index contributed by atoms with van der Waals surface area (Å²) < 4.78 is 41.8. The number of pyridine rings is 1. The number of nitrogens with zero attached hydrogens (tertiary/aromatic N) is 5. The quantitative estimate of drug-likeness (QED) is 0.805. The van der Waals surface area contributed by atoms with Crippen LogP contribution in [0.15, 0.2) is 18.3 Å². The van der Waals surface area contributed by atoms with Crippen molar-refractivity contribution >= 4 is 5.82 Å². The Labute approximate surface area is 172 Å². The molecule has 4 aliphatic rings. The van der Waals surface area contributed by atoms with E-state index in [4.69, 9.17) is 11.0 Å². The number of aromatic nitrogens is 3. The van der Waals surface area contributed by atoms with E-state index in [1.54, 1.807) is 0 Å². The van der Waals surface area contributed by atoms with Crippen LogP contribution in [-0.4, -0.2) is 38.3 Å². The van der Waals surface area contributed by atoms with E-state index in [1.165, 1.54) is 6.20 Å². The van der Waals surface area contributed by atoms with E-state index in [9.17, 15) is 13.2 Å². The Hall–Kier alpha value is -2.60. The standard InChI is InChI=1S/C21H23F3N6/c1-10(2)30-16(20-14-9-29(11(3)4-5-25)18(20)17(14)20)7-15(28-30)12-6-13(21(22,23)24)19(26)27-8-12/h6-8,10-11,14,17-18H,4,9H2,1-3H3,(H2,26,27)/t11?,14-,17-,18?,20-/m1/s1. The number of halogens is 3. The summed E-state index contributed by atoms with van der Waals surface area (Å²) in [4.78, 5) is 6.18. The molecule has 2 bridgehead atoms. The molecule has 9 heteroatoms. The van der Waals surface area contributed by atoms with Crippen molar-refractivity contribution in [2.24, 2.45) is 11.8 Å². The zero-order chi connectivity index (χ0) is 21.6. The lowest BCUT2D eigenvalue weighted by Gasteiger charge is -2.22. The van der Waals surface area contributed by atoms with Gasteiger partial charge in [0.05, 0.1) is 23.7 Å². The summed E-state index contributed by atoms with van der Waals surface area (Å²) in [6.07, 6.45) is -2.71. The van der Waals surface area contributed by atoms with Gasteiger partial charge in [-0.05, 0) is 44.7 Å². The van der Waals surface area contributed by atoms with Crippen molar-refractivity contribution in [3.8, 4) is 17.3 Å². The predicted molar refractivity (Wildman–Crippen MR) is 104 cm³/mol. The molecule has 2 aliphatic carbocycles. The molecule has 0 radical (unpaired) electrons. The third kappa shape index (κ3) is 2.40. The van der Waals surface area contributed by atoms with Crippen molar-refractivity contribution in [2.75, 3.05) is 12.3 Å². The summed E-state index contributed by atoms with van der Waals surface area (Å²) in [5.74, 6) is 0.579. The van der Waals surface area contributed by atoms with Crippen molar-refractivity contribution in [2.45, 2.75) is 56.9 Å². The first kappa shape index (κ1) is 19.4. The molecule has 2 aromatic rings.